The first-order chi connectivity index (χ1) is 13.7. The monoisotopic (exact) mass is 431 g/mol. The highest BCUT2D eigenvalue weighted by molar-refractivity contribution is 7.89. The number of aliphatic hydroxyl groups excluding tert-OH is 1. The van der Waals surface area contributed by atoms with Crippen LogP contribution in [0.1, 0.15) is 25.7 Å². The summed E-state index contributed by atoms with van der Waals surface area (Å²) in [5.41, 5.74) is 0. The number of ether oxygens (including phenoxy) is 1. The molecule has 3 atom stereocenters. The van der Waals surface area contributed by atoms with Crippen molar-refractivity contribution >= 4 is 15.9 Å². The van der Waals surface area contributed by atoms with Gasteiger partial charge in [-0.25, -0.2) is 17.5 Å². The maximum Gasteiger partial charge on any atom is 0.240 e. The van der Waals surface area contributed by atoms with Gasteiger partial charge in [-0.1, -0.05) is 0 Å². The number of halogens is 1. The Morgan fingerprint density at radius 3 is 2.59 bits per heavy atom. The van der Waals surface area contributed by atoms with Crippen molar-refractivity contribution in [3.8, 4) is 0 Å². The first kappa shape index (κ1) is 23.7. The summed E-state index contributed by atoms with van der Waals surface area (Å²) in [5, 5.41) is 12.5. The highest BCUT2D eigenvalue weighted by Gasteiger charge is 2.34. The van der Waals surface area contributed by atoms with E-state index in [0.29, 0.717) is 19.4 Å². The second-order valence-electron chi connectivity index (χ2n) is 7.45. The minimum atomic E-state index is -3.87. The fourth-order valence-corrected chi connectivity index (χ4v) is 4.50. The highest BCUT2D eigenvalue weighted by atomic mass is 32.2. The first-order valence-corrected chi connectivity index (χ1v) is 11.1. The summed E-state index contributed by atoms with van der Waals surface area (Å²) in [5.74, 6) is -0.656. The molecule has 8 nitrogen and oxygen atoms in total. The van der Waals surface area contributed by atoms with Crippen LogP contribution in [0.3, 0.4) is 0 Å². The van der Waals surface area contributed by atoms with E-state index in [1.807, 2.05) is 19.0 Å². The molecule has 1 saturated heterocycles. The zero-order valence-electron chi connectivity index (χ0n) is 16.8. The lowest BCUT2D eigenvalue weighted by Gasteiger charge is -2.35. The van der Waals surface area contributed by atoms with Gasteiger partial charge in [0.05, 0.1) is 36.2 Å². The zero-order valence-corrected chi connectivity index (χ0v) is 17.6. The lowest BCUT2D eigenvalue weighted by atomic mass is 9.98. The Balaban J connectivity index is 1.85. The average Bonchev–Trinajstić information content (AvgIpc) is 2.66. The van der Waals surface area contributed by atoms with Crippen molar-refractivity contribution in [3.63, 3.8) is 0 Å². The average molecular weight is 432 g/mol. The minimum absolute atomic E-state index is 0.0604. The van der Waals surface area contributed by atoms with Gasteiger partial charge in [-0.3, -0.25) is 4.79 Å². The topological polar surface area (TPSA) is 108 Å². The van der Waals surface area contributed by atoms with Crippen LogP contribution in [-0.2, 0) is 19.6 Å². The molecule has 0 radical (unpaired) electrons. The lowest BCUT2D eigenvalue weighted by Crippen LogP contribution is -2.51. The van der Waals surface area contributed by atoms with E-state index in [2.05, 4.69) is 10.0 Å². The maximum atomic E-state index is 13.0. The quantitative estimate of drug-likeness (QED) is 0.465. The number of carbonyl (C=O) groups is 1. The molecule has 1 aliphatic heterocycles. The molecule has 164 valence electrons. The molecule has 0 unspecified atom stereocenters. The van der Waals surface area contributed by atoms with Crippen molar-refractivity contribution in [2.45, 2.75) is 48.8 Å². The molecule has 0 spiro atoms. The predicted octanol–water partition coefficient (Wildman–Crippen LogP) is 0.471. The van der Waals surface area contributed by atoms with Crippen LogP contribution in [0.25, 0.3) is 0 Å². The van der Waals surface area contributed by atoms with Crippen molar-refractivity contribution < 1.29 is 27.4 Å². The van der Waals surface area contributed by atoms with Crippen molar-refractivity contribution in [3.05, 3.63) is 30.1 Å². The van der Waals surface area contributed by atoms with Gasteiger partial charge in [0.1, 0.15) is 5.82 Å². The van der Waals surface area contributed by atoms with Gasteiger partial charge in [0.2, 0.25) is 15.9 Å². The number of amides is 1. The molecule has 0 bridgehead atoms. The Kier molecular flexibility index (Phi) is 8.97. The third-order valence-electron chi connectivity index (χ3n) is 4.74. The minimum Gasteiger partial charge on any atom is -0.394 e. The molecular formula is C19H30FN3O5S. The maximum absolute atomic E-state index is 13.0. The fourth-order valence-electron chi connectivity index (χ4n) is 3.20. The number of nitrogens with zero attached hydrogens (tertiary/aromatic N) is 1. The smallest absolute Gasteiger partial charge is 0.240 e. The second kappa shape index (κ2) is 11.0. The Morgan fingerprint density at radius 1 is 1.28 bits per heavy atom. The molecule has 2 rings (SSSR count). The van der Waals surface area contributed by atoms with Crippen LogP contribution in [0.5, 0.6) is 0 Å². The van der Waals surface area contributed by atoms with Gasteiger partial charge in [0, 0.05) is 6.54 Å². The van der Waals surface area contributed by atoms with Crippen LogP contribution in [0.2, 0.25) is 0 Å². The third-order valence-corrected chi connectivity index (χ3v) is 6.25. The molecule has 1 fully saturated rings. The van der Waals surface area contributed by atoms with E-state index >= 15 is 0 Å². The standard InChI is InChI=1S/C19H30FN3O5S/c1-23(2)11-3-10-21-19(25)12-15-6-9-17(18(13-24)28-15)22-29(26,27)16-7-4-14(20)5-8-16/h4-5,7-8,15,17-18,22,24H,3,6,9-13H2,1-2H3,(H,21,25)/t15-,17-,18-/m1/s1. The van der Waals surface area contributed by atoms with Crippen LogP contribution in [0.4, 0.5) is 4.39 Å². The van der Waals surface area contributed by atoms with Crippen molar-refractivity contribution in [1.29, 1.82) is 0 Å². The number of hydrogen-bond donors (Lipinski definition) is 3. The van der Waals surface area contributed by atoms with Crippen molar-refractivity contribution in [2.24, 2.45) is 0 Å². The molecular weight excluding hydrogens is 401 g/mol. The largest absolute Gasteiger partial charge is 0.394 e. The third kappa shape index (κ3) is 7.63. The molecule has 3 N–H and O–H groups in total. The van der Waals surface area contributed by atoms with Gasteiger partial charge in [0.15, 0.2) is 0 Å². The zero-order chi connectivity index (χ0) is 21.4. The van der Waals surface area contributed by atoms with E-state index in [0.717, 1.165) is 25.1 Å². The summed E-state index contributed by atoms with van der Waals surface area (Å²) in [6, 6.07) is 3.87. The molecule has 10 heteroatoms. The number of benzene rings is 1. The van der Waals surface area contributed by atoms with E-state index in [4.69, 9.17) is 4.74 Å². The summed E-state index contributed by atoms with van der Waals surface area (Å²) in [4.78, 5) is 14.0. The van der Waals surface area contributed by atoms with E-state index in [1.54, 1.807) is 0 Å². The van der Waals surface area contributed by atoms with Crippen molar-refractivity contribution in [2.75, 3.05) is 33.8 Å². The number of rotatable bonds is 10. The Bertz CT molecular complexity index is 758. The van der Waals surface area contributed by atoms with Crippen LogP contribution in [-0.4, -0.2) is 76.4 Å². The van der Waals surface area contributed by atoms with E-state index < -0.39 is 28.0 Å². The Morgan fingerprint density at radius 2 is 1.97 bits per heavy atom. The molecule has 1 amide bonds. The second-order valence-corrected chi connectivity index (χ2v) is 9.16. The predicted molar refractivity (Wildman–Crippen MR) is 106 cm³/mol. The van der Waals surface area contributed by atoms with Gasteiger partial charge in [0.25, 0.3) is 0 Å². The van der Waals surface area contributed by atoms with Gasteiger partial charge in [-0.2, -0.15) is 0 Å². The number of sulfonamides is 1. The first-order valence-electron chi connectivity index (χ1n) is 9.67. The molecule has 1 heterocycles. The Labute approximate surface area is 171 Å². The molecule has 0 saturated carbocycles. The number of carbonyl (C=O) groups excluding carboxylic acids is 1. The molecule has 1 aromatic carbocycles. The van der Waals surface area contributed by atoms with Crippen LogP contribution in [0, 0.1) is 5.82 Å². The van der Waals surface area contributed by atoms with Crippen LogP contribution in [0.15, 0.2) is 29.2 Å². The summed E-state index contributed by atoms with van der Waals surface area (Å²) in [7, 11) is 0.0582. The number of nitrogens with one attached hydrogen (secondary N) is 2. The molecule has 1 aliphatic rings. The van der Waals surface area contributed by atoms with E-state index in [1.165, 1.54) is 12.1 Å². The summed E-state index contributed by atoms with van der Waals surface area (Å²) < 4.78 is 46.3. The normalized spacial score (nSPS) is 22.6. The van der Waals surface area contributed by atoms with E-state index in [-0.39, 0.29) is 29.9 Å². The van der Waals surface area contributed by atoms with Gasteiger partial charge in [-0.15, -0.1) is 0 Å². The summed E-state index contributed by atoms with van der Waals surface area (Å²) in [6.07, 6.45) is 0.771. The van der Waals surface area contributed by atoms with E-state index in [9.17, 15) is 22.7 Å². The fraction of sp³-hybridized carbons (Fsp3) is 0.632. The van der Waals surface area contributed by atoms with Crippen LogP contribution < -0.4 is 10.0 Å². The van der Waals surface area contributed by atoms with Gasteiger partial charge >= 0.3 is 0 Å². The van der Waals surface area contributed by atoms with Crippen molar-refractivity contribution in [1.82, 2.24) is 14.9 Å². The summed E-state index contributed by atoms with van der Waals surface area (Å²) >= 11 is 0. The summed E-state index contributed by atoms with van der Waals surface area (Å²) in [6.45, 7) is 1.08. The van der Waals surface area contributed by atoms with Crippen LogP contribution >= 0.6 is 0 Å². The molecule has 0 aromatic heterocycles. The highest BCUT2D eigenvalue weighted by Crippen LogP contribution is 2.23. The van der Waals surface area contributed by atoms with Gasteiger partial charge < -0.3 is 20.1 Å². The molecule has 0 aliphatic carbocycles. The lowest BCUT2D eigenvalue weighted by molar-refractivity contribution is -0.130. The SMILES string of the molecule is CN(C)CCCNC(=O)C[C@H]1CC[C@@H](NS(=O)(=O)c2ccc(F)cc2)[C@@H](CO)O1. The van der Waals surface area contributed by atoms with Gasteiger partial charge in [-0.05, 0) is 64.2 Å². The molecule has 1 aromatic rings. The molecule has 29 heavy (non-hydrogen) atoms. The number of hydrogen-bond acceptors (Lipinski definition) is 6. The number of aliphatic hydroxyl groups is 1. The Hall–Kier alpha value is -1.59.